The van der Waals surface area contributed by atoms with Crippen LogP contribution < -0.4 is 5.73 Å². The number of nitrogens with two attached hydrogens (primary N) is 1. The minimum atomic E-state index is -0.457. The van der Waals surface area contributed by atoms with Gasteiger partial charge in [-0.05, 0) is 25.8 Å². The Kier molecular flexibility index (Phi) is 3.07. The molecule has 0 saturated heterocycles. The zero-order chi connectivity index (χ0) is 9.90. The van der Waals surface area contributed by atoms with Crippen LogP contribution in [0, 0.1) is 0 Å². The molecule has 0 radical (unpaired) electrons. The van der Waals surface area contributed by atoms with E-state index in [1.165, 1.54) is 0 Å². The predicted octanol–water partition coefficient (Wildman–Crippen LogP) is 1.85. The predicted molar refractivity (Wildman–Crippen MR) is 54.3 cm³/mol. The van der Waals surface area contributed by atoms with Crippen LogP contribution in [0.2, 0.25) is 0 Å². The molecule has 3 N–H and O–H groups in total. The molecule has 0 aliphatic carbocycles. The Balaban J connectivity index is 2.64. The molecule has 0 unspecified atom stereocenters. The molecule has 0 fully saturated rings. The van der Waals surface area contributed by atoms with Crippen LogP contribution in [0.3, 0.4) is 0 Å². The fourth-order valence-corrected chi connectivity index (χ4v) is 1.29. The molecule has 1 rings (SSSR count). The Hall–Kier alpha value is -0.860. The highest BCUT2D eigenvalue weighted by atomic mass is 16.3. The van der Waals surface area contributed by atoms with Crippen molar-refractivity contribution in [3.63, 3.8) is 0 Å². The van der Waals surface area contributed by atoms with Crippen molar-refractivity contribution < 1.29 is 5.11 Å². The highest BCUT2D eigenvalue weighted by Gasteiger charge is 2.17. The van der Waals surface area contributed by atoms with Crippen LogP contribution in [-0.4, -0.2) is 10.6 Å². The summed E-state index contributed by atoms with van der Waals surface area (Å²) in [5, 5.41) is 9.78. The average Bonchev–Trinajstić information content (AvgIpc) is 2.03. The zero-order valence-corrected chi connectivity index (χ0v) is 8.20. The van der Waals surface area contributed by atoms with Gasteiger partial charge in [0.05, 0.1) is 6.10 Å². The third kappa shape index (κ3) is 3.57. The molecule has 0 aliphatic heterocycles. The van der Waals surface area contributed by atoms with Gasteiger partial charge in [-0.15, -0.1) is 0 Å². The second-order valence-electron chi connectivity index (χ2n) is 4.12. The van der Waals surface area contributed by atoms with E-state index in [4.69, 9.17) is 5.73 Å². The lowest BCUT2D eigenvalue weighted by Crippen LogP contribution is -2.33. The van der Waals surface area contributed by atoms with E-state index in [0.29, 0.717) is 6.42 Å². The van der Waals surface area contributed by atoms with E-state index in [0.717, 1.165) is 5.56 Å². The van der Waals surface area contributed by atoms with Crippen LogP contribution >= 0.6 is 0 Å². The number of aliphatic hydroxyl groups is 1. The normalized spacial score (nSPS) is 14.2. The van der Waals surface area contributed by atoms with E-state index in [1.54, 1.807) is 0 Å². The summed E-state index contributed by atoms with van der Waals surface area (Å²) in [5.41, 5.74) is 6.42. The molecule has 0 heterocycles. The topological polar surface area (TPSA) is 46.2 Å². The van der Waals surface area contributed by atoms with Crippen LogP contribution in [0.5, 0.6) is 0 Å². The van der Waals surface area contributed by atoms with Gasteiger partial charge in [-0.2, -0.15) is 0 Å². The highest BCUT2D eigenvalue weighted by Crippen LogP contribution is 2.21. The quantitative estimate of drug-likeness (QED) is 0.743. The van der Waals surface area contributed by atoms with Crippen LogP contribution in [0.15, 0.2) is 30.3 Å². The first-order valence-electron chi connectivity index (χ1n) is 4.51. The minimum Gasteiger partial charge on any atom is -0.388 e. The van der Waals surface area contributed by atoms with Crippen molar-refractivity contribution >= 4 is 0 Å². The summed E-state index contributed by atoms with van der Waals surface area (Å²) in [6.45, 7) is 3.83. The van der Waals surface area contributed by atoms with Gasteiger partial charge in [0.2, 0.25) is 0 Å². The first-order valence-corrected chi connectivity index (χ1v) is 4.51. The second-order valence-corrected chi connectivity index (χ2v) is 4.12. The SMILES string of the molecule is CC(C)(N)C[C@@H](O)c1ccccc1. The second kappa shape index (κ2) is 3.90. The van der Waals surface area contributed by atoms with Gasteiger partial charge in [0.15, 0.2) is 0 Å². The molecule has 0 bridgehead atoms. The third-order valence-electron chi connectivity index (χ3n) is 1.90. The van der Waals surface area contributed by atoms with Gasteiger partial charge in [0.25, 0.3) is 0 Å². The molecular weight excluding hydrogens is 162 g/mol. The van der Waals surface area contributed by atoms with Crippen molar-refractivity contribution in [2.75, 3.05) is 0 Å². The molecule has 0 spiro atoms. The molecule has 1 aromatic carbocycles. The molecule has 0 aliphatic rings. The smallest absolute Gasteiger partial charge is 0.0807 e. The lowest BCUT2D eigenvalue weighted by Gasteiger charge is -2.22. The maximum absolute atomic E-state index is 9.78. The van der Waals surface area contributed by atoms with Crippen LogP contribution in [0.25, 0.3) is 0 Å². The first kappa shape index (κ1) is 10.2. The largest absolute Gasteiger partial charge is 0.388 e. The summed E-state index contributed by atoms with van der Waals surface area (Å²) in [7, 11) is 0. The molecule has 1 aromatic rings. The van der Waals surface area contributed by atoms with Crippen LogP contribution in [0.1, 0.15) is 31.9 Å². The Labute approximate surface area is 79.4 Å². The van der Waals surface area contributed by atoms with Gasteiger partial charge in [-0.1, -0.05) is 30.3 Å². The Bertz CT molecular complexity index is 251. The van der Waals surface area contributed by atoms with E-state index >= 15 is 0 Å². The van der Waals surface area contributed by atoms with E-state index in [-0.39, 0.29) is 5.54 Å². The van der Waals surface area contributed by atoms with Gasteiger partial charge < -0.3 is 10.8 Å². The maximum atomic E-state index is 9.78. The van der Waals surface area contributed by atoms with Crippen LogP contribution in [0.4, 0.5) is 0 Å². The third-order valence-corrected chi connectivity index (χ3v) is 1.90. The number of hydrogen-bond donors (Lipinski definition) is 2. The van der Waals surface area contributed by atoms with Gasteiger partial charge in [0, 0.05) is 5.54 Å². The van der Waals surface area contributed by atoms with Crippen molar-refractivity contribution in [3.8, 4) is 0 Å². The Morgan fingerprint density at radius 2 is 1.85 bits per heavy atom. The molecule has 13 heavy (non-hydrogen) atoms. The fourth-order valence-electron chi connectivity index (χ4n) is 1.29. The fraction of sp³-hybridized carbons (Fsp3) is 0.455. The lowest BCUT2D eigenvalue weighted by atomic mass is 9.94. The van der Waals surface area contributed by atoms with Crippen molar-refractivity contribution in [3.05, 3.63) is 35.9 Å². The van der Waals surface area contributed by atoms with Crippen LogP contribution in [-0.2, 0) is 0 Å². The molecule has 0 aromatic heterocycles. The molecule has 2 heteroatoms. The molecule has 72 valence electrons. The highest BCUT2D eigenvalue weighted by molar-refractivity contribution is 5.17. The zero-order valence-electron chi connectivity index (χ0n) is 8.20. The minimum absolute atomic E-state index is 0.324. The summed E-state index contributed by atoms with van der Waals surface area (Å²) < 4.78 is 0. The van der Waals surface area contributed by atoms with Gasteiger partial charge in [-0.3, -0.25) is 0 Å². The van der Waals surface area contributed by atoms with E-state index in [9.17, 15) is 5.11 Å². The van der Waals surface area contributed by atoms with E-state index in [1.807, 2.05) is 44.2 Å². The summed E-state index contributed by atoms with van der Waals surface area (Å²) in [6.07, 6.45) is 0.123. The van der Waals surface area contributed by atoms with Gasteiger partial charge >= 0.3 is 0 Å². The average molecular weight is 179 g/mol. The van der Waals surface area contributed by atoms with Crippen molar-refractivity contribution in [1.82, 2.24) is 0 Å². The lowest BCUT2D eigenvalue weighted by molar-refractivity contribution is 0.142. The monoisotopic (exact) mass is 179 g/mol. The van der Waals surface area contributed by atoms with Crippen molar-refractivity contribution in [1.29, 1.82) is 0 Å². The molecule has 2 nitrogen and oxygen atoms in total. The first-order chi connectivity index (χ1) is 5.99. The standard InChI is InChI=1S/C11H17NO/c1-11(2,12)8-10(13)9-6-4-3-5-7-9/h3-7,10,13H,8,12H2,1-2H3/t10-/m1/s1. The summed E-state index contributed by atoms with van der Waals surface area (Å²) in [6, 6.07) is 9.60. The number of aliphatic hydroxyl groups excluding tert-OH is 1. The summed E-state index contributed by atoms with van der Waals surface area (Å²) >= 11 is 0. The van der Waals surface area contributed by atoms with Gasteiger partial charge in [0.1, 0.15) is 0 Å². The number of rotatable bonds is 3. The summed E-state index contributed by atoms with van der Waals surface area (Å²) in [5.74, 6) is 0. The molecule has 0 saturated carbocycles. The van der Waals surface area contributed by atoms with E-state index < -0.39 is 6.10 Å². The molecule has 1 atom stereocenters. The van der Waals surface area contributed by atoms with Crippen molar-refractivity contribution in [2.45, 2.75) is 31.9 Å². The summed E-state index contributed by atoms with van der Waals surface area (Å²) in [4.78, 5) is 0. The number of hydrogen-bond acceptors (Lipinski definition) is 2. The van der Waals surface area contributed by atoms with E-state index in [2.05, 4.69) is 0 Å². The molecule has 0 amide bonds. The number of benzene rings is 1. The Morgan fingerprint density at radius 1 is 1.31 bits per heavy atom. The maximum Gasteiger partial charge on any atom is 0.0807 e. The molecular formula is C11H17NO. The Morgan fingerprint density at radius 3 is 2.31 bits per heavy atom. The van der Waals surface area contributed by atoms with Gasteiger partial charge in [-0.25, -0.2) is 0 Å². The van der Waals surface area contributed by atoms with Crippen molar-refractivity contribution in [2.24, 2.45) is 5.73 Å².